The van der Waals surface area contributed by atoms with Crippen molar-refractivity contribution >= 4 is 40.2 Å². The first-order valence-electron chi connectivity index (χ1n) is 8.95. The molecule has 1 aliphatic heterocycles. The smallest absolute Gasteiger partial charge is 0.267 e. The minimum Gasteiger partial charge on any atom is -0.378 e. The Kier molecular flexibility index (Phi) is 5.57. The first kappa shape index (κ1) is 18.9. The second-order valence-corrected chi connectivity index (χ2v) is 7.74. The Labute approximate surface area is 172 Å². The van der Waals surface area contributed by atoms with Gasteiger partial charge >= 0.3 is 0 Å². The minimum absolute atomic E-state index is 0.200. The number of aromatic nitrogens is 2. The Balaban J connectivity index is 1.61. The van der Waals surface area contributed by atoms with Crippen molar-refractivity contribution in [2.45, 2.75) is 6.92 Å². The number of benzene rings is 1. The summed E-state index contributed by atoms with van der Waals surface area (Å²) in [7, 11) is 0. The van der Waals surface area contributed by atoms with Crippen LogP contribution >= 0.6 is 22.9 Å². The molecule has 4 rings (SSSR count). The molecular weight excluding hydrogens is 396 g/mol. The van der Waals surface area contributed by atoms with Gasteiger partial charge in [0, 0.05) is 19.3 Å². The summed E-state index contributed by atoms with van der Waals surface area (Å²) >= 11 is 7.79. The van der Waals surface area contributed by atoms with Crippen molar-refractivity contribution in [3.8, 4) is 10.7 Å². The summed E-state index contributed by atoms with van der Waals surface area (Å²) in [6.07, 6.45) is 1.71. The van der Waals surface area contributed by atoms with Crippen LogP contribution in [0.2, 0.25) is 5.02 Å². The maximum atomic E-state index is 13.0. The van der Waals surface area contributed by atoms with Gasteiger partial charge < -0.3 is 15.0 Å². The summed E-state index contributed by atoms with van der Waals surface area (Å²) in [5, 5.41) is 4.35. The van der Waals surface area contributed by atoms with Gasteiger partial charge in [0.25, 0.3) is 5.91 Å². The molecule has 0 saturated carbocycles. The quantitative estimate of drug-likeness (QED) is 0.691. The van der Waals surface area contributed by atoms with E-state index in [2.05, 4.69) is 20.2 Å². The fourth-order valence-electron chi connectivity index (χ4n) is 3.11. The number of thiazole rings is 1. The molecule has 0 unspecified atom stereocenters. The molecule has 2 aromatic heterocycles. The zero-order chi connectivity index (χ0) is 19.5. The number of anilines is 2. The van der Waals surface area contributed by atoms with Crippen molar-refractivity contribution in [3.05, 3.63) is 58.2 Å². The predicted molar refractivity (Wildman–Crippen MR) is 113 cm³/mol. The highest BCUT2D eigenvalue weighted by Crippen LogP contribution is 2.35. The molecule has 1 aromatic carbocycles. The molecule has 144 valence electrons. The van der Waals surface area contributed by atoms with Gasteiger partial charge in [-0.05, 0) is 31.2 Å². The van der Waals surface area contributed by atoms with Crippen LogP contribution < -0.4 is 10.2 Å². The lowest BCUT2D eigenvalue weighted by atomic mass is 10.2. The van der Waals surface area contributed by atoms with E-state index in [1.165, 1.54) is 11.3 Å². The van der Waals surface area contributed by atoms with E-state index in [0.29, 0.717) is 34.5 Å². The molecule has 1 saturated heterocycles. The molecule has 1 aliphatic rings. The van der Waals surface area contributed by atoms with Crippen LogP contribution in [-0.2, 0) is 4.74 Å². The number of ether oxygens (including phenoxy) is 1. The SMILES string of the molecule is Cc1nc(-c2ccccn2)sc1C(=O)Nc1cccc(Cl)c1N1CCOCC1. The molecule has 0 aliphatic carbocycles. The molecule has 3 heterocycles. The Morgan fingerprint density at radius 1 is 1.21 bits per heavy atom. The molecule has 3 aromatic rings. The van der Waals surface area contributed by atoms with Gasteiger partial charge in [0.15, 0.2) is 0 Å². The summed E-state index contributed by atoms with van der Waals surface area (Å²) in [6, 6.07) is 11.2. The van der Waals surface area contributed by atoms with Crippen LogP contribution in [0.25, 0.3) is 10.7 Å². The van der Waals surface area contributed by atoms with Crippen LogP contribution in [0.5, 0.6) is 0 Å². The highest BCUT2D eigenvalue weighted by atomic mass is 35.5. The minimum atomic E-state index is -0.200. The Morgan fingerprint density at radius 3 is 2.79 bits per heavy atom. The standard InChI is InChI=1S/C20H19ClN4O2S/c1-13-18(28-20(23-13)16-6-2-3-8-22-16)19(26)24-15-7-4-5-14(21)17(15)25-9-11-27-12-10-25/h2-8H,9-12H2,1H3,(H,24,26). The van der Waals surface area contributed by atoms with Crippen LogP contribution in [0.4, 0.5) is 11.4 Å². The number of halogens is 1. The second kappa shape index (κ2) is 8.26. The van der Waals surface area contributed by atoms with Crippen LogP contribution in [0, 0.1) is 6.92 Å². The van der Waals surface area contributed by atoms with E-state index in [4.69, 9.17) is 16.3 Å². The molecule has 28 heavy (non-hydrogen) atoms. The molecule has 1 fully saturated rings. The number of nitrogens with one attached hydrogen (secondary N) is 1. The zero-order valence-corrected chi connectivity index (χ0v) is 16.9. The Morgan fingerprint density at radius 2 is 2.04 bits per heavy atom. The summed E-state index contributed by atoms with van der Waals surface area (Å²) in [4.78, 5) is 24.5. The van der Waals surface area contributed by atoms with Crippen molar-refractivity contribution in [1.82, 2.24) is 9.97 Å². The van der Waals surface area contributed by atoms with Crippen molar-refractivity contribution in [1.29, 1.82) is 0 Å². The summed E-state index contributed by atoms with van der Waals surface area (Å²) < 4.78 is 5.43. The first-order valence-corrected chi connectivity index (χ1v) is 10.1. The number of pyridine rings is 1. The first-order chi connectivity index (χ1) is 13.6. The number of hydrogen-bond donors (Lipinski definition) is 1. The van der Waals surface area contributed by atoms with Gasteiger partial charge in [-0.2, -0.15) is 0 Å². The molecular formula is C20H19ClN4O2S. The normalized spacial score (nSPS) is 14.1. The van der Waals surface area contributed by atoms with Crippen LogP contribution in [0.1, 0.15) is 15.4 Å². The summed E-state index contributed by atoms with van der Waals surface area (Å²) in [6.45, 7) is 4.57. The van der Waals surface area contributed by atoms with Crippen LogP contribution in [-0.4, -0.2) is 42.2 Å². The second-order valence-electron chi connectivity index (χ2n) is 6.34. The van der Waals surface area contributed by atoms with Gasteiger partial charge in [0.1, 0.15) is 9.88 Å². The van der Waals surface area contributed by atoms with Gasteiger partial charge in [-0.15, -0.1) is 11.3 Å². The van der Waals surface area contributed by atoms with E-state index in [0.717, 1.165) is 29.5 Å². The highest BCUT2D eigenvalue weighted by Gasteiger charge is 2.22. The highest BCUT2D eigenvalue weighted by molar-refractivity contribution is 7.17. The molecule has 8 heteroatoms. The van der Waals surface area contributed by atoms with Crippen LogP contribution in [0.15, 0.2) is 42.6 Å². The van der Waals surface area contributed by atoms with Crippen molar-refractivity contribution in [2.75, 3.05) is 36.5 Å². The number of para-hydroxylation sites is 1. The van der Waals surface area contributed by atoms with Crippen molar-refractivity contribution < 1.29 is 9.53 Å². The average Bonchev–Trinajstić information content (AvgIpc) is 3.11. The summed E-state index contributed by atoms with van der Waals surface area (Å²) in [5.41, 5.74) is 2.95. The van der Waals surface area contributed by atoms with Crippen LogP contribution in [0.3, 0.4) is 0 Å². The number of carbonyl (C=O) groups excluding carboxylic acids is 1. The molecule has 0 bridgehead atoms. The maximum Gasteiger partial charge on any atom is 0.267 e. The van der Waals surface area contributed by atoms with Crippen molar-refractivity contribution in [3.63, 3.8) is 0 Å². The zero-order valence-electron chi connectivity index (χ0n) is 15.3. The van der Waals surface area contributed by atoms with E-state index >= 15 is 0 Å². The van der Waals surface area contributed by atoms with E-state index in [1.54, 1.807) is 6.20 Å². The fraction of sp³-hybridized carbons (Fsp3) is 0.250. The molecule has 1 N–H and O–H groups in total. The molecule has 0 atom stereocenters. The summed E-state index contributed by atoms with van der Waals surface area (Å²) in [5.74, 6) is -0.200. The molecule has 6 nitrogen and oxygen atoms in total. The molecule has 0 radical (unpaired) electrons. The van der Waals surface area contributed by atoms with E-state index in [1.807, 2.05) is 43.3 Å². The number of amides is 1. The Hall–Kier alpha value is -2.48. The van der Waals surface area contributed by atoms with Gasteiger partial charge in [0.05, 0.1) is 41.0 Å². The number of nitrogens with zero attached hydrogens (tertiary/aromatic N) is 3. The predicted octanol–water partition coefficient (Wildman–Crippen LogP) is 4.26. The van der Waals surface area contributed by atoms with E-state index in [-0.39, 0.29) is 5.91 Å². The monoisotopic (exact) mass is 414 g/mol. The topological polar surface area (TPSA) is 67.4 Å². The fourth-order valence-corrected chi connectivity index (χ4v) is 4.34. The van der Waals surface area contributed by atoms with E-state index in [9.17, 15) is 4.79 Å². The third kappa shape index (κ3) is 3.87. The number of hydrogen-bond acceptors (Lipinski definition) is 6. The van der Waals surface area contributed by atoms with E-state index < -0.39 is 0 Å². The third-order valence-electron chi connectivity index (χ3n) is 4.45. The molecule has 0 spiro atoms. The number of carbonyl (C=O) groups is 1. The van der Waals surface area contributed by atoms with Crippen molar-refractivity contribution in [2.24, 2.45) is 0 Å². The van der Waals surface area contributed by atoms with Gasteiger partial charge in [-0.25, -0.2) is 4.98 Å². The number of aryl methyl sites for hydroxylation is 1. The third-order valence-corrected chi connectivity index (χ3v) is 5.93. The number of morpholine rings is 1. The average molecular weight is 415 g/mol. The lowest BCUT2D eigenvalue weighted by Crippen LogP contribution is -2.37. The van der Waals surface area contributed by atoms with Gasteiger partial charge in [-0.1, -0.05) is 23.7 Å². The lowest BCUT2D eigenvalue weighted by molar-refractivity contribution is 0.103. The largest absolute Gasteiger partial charge is 0.378 e. The lowest BCUT2D eigenvalue weighted by Gasteiger charge is -2.31. The Bertz CT molecular complexity index is 987. The van der Waals surface area contributed by atoms with Gasteiger partial charge in [0.2, 0.25) is 0 Å². The molecule has 1 amide bonds. The maximum absolute atomic E-state index is 13.0. The number of rotatable bonds is 4. The van der Waals surface area contributed by atoms with Gasteiger partial charge in [-0.3, -0.25) is 9.78 Å².